The Labute approximate surface area is 87.1 Å². The van der Waals surface area contributed by atoms with E-state index in [0.29, 0.717) is 0 Å². The van der Waals surface area contributed by atoms with Crippen LogP contribution in [0.25, 0.3) is 0 Å². The van der Waals surface area contributed by atoms with E-state index in [9.17, 15) is 13.2 Å². The van der Waals surface area contributed by atoms with E-state index < -0.39 is 18.1 Å². The second kappa shape index (κ2) is 4.23. The molecule has 0 heterocycles. The van der Waals surface area contributed by atoms with Crippen molar-refractivity contribution in [1.29, 1.82) is 0 Å². The van der Waals surface area contributed by atoms with Gasteiger partial charge in [-0.25, -0.2) is 0 Å². The van der Waals surface area contributed by atoms with Crippen molar-refractivity contribution in [1.82, 2.24) is 0 Å². The first-order valence-corrected chi connectivity index (χ1v) is 4.68. The van der Waals surface area contributed by atoms with Gasteiger partial charge in [0, 0.05) is 5.54 Å². The molecule has 1 nitrogen and oxygen atoms in total. The maximum absolute atomic E-state index is 12.2. The minimum Gasteiger partial charge on any atom is -0.325 e. The third kappa shape index (κ3) is 4.83. The first kappa shape index (κ1) is 12.0. The molecule has 0 aromatic heterocycles. The lowest BCUT2D eigenvalue weighted by Gasteiger charge is -2.25. The predicted molar refractivity (Wildman–Crippen MR) is 53.4 cm³/mol. The molecule has 0 saturated carbocycles. The zero-order valence-electron chi connectivity index (χ0n) is 8.51. The molecular formula is C11H14F3N. The van der Waals surface area contributed by atoms with E-state index in [2.05, 4.69) is 0 Å². The van der Waals surface area contributed by atoms with Gasteiger partial charge >= 0.3 is 6.18 Å². The number of nitrogens with two attached hydrogens (primary N) is 1. The van der Waals surface area contributed by atoms with E-state index in [4.69, 9.17) is 5.73 Å². The molecule has 0 radical (unpaired) electrons. The highest BCUT2D eigenvalue weighted by molar-refractivity contribution is 5.17. The summed E-state index contributed by atoms with van der Waals surface area (Å²) in [5, 5.41) is 0. The standard InChI is InChI=1S/C11H14F3N/c1-10(15,8-11(12,13)14)7-9-5-3-2-4-6-9/h2-6H,7-8,15H2,1H3/t10-/m1/s1. The van der Waals surface area contributed by atoms with Gasteiger partial charge in [-0.15, -0.1) is 0 Å². The minimum atomic E-state index is -4.21. The summed E-state index contributed by atoms with van der Waals surface area (Å²) in [6.45, 7) is 1.42. The van der Waals surface area contributed by atoms with Crippen LogP contribution in [0, 0.1) is 0 Å². The van der Waals surface area contributed by atoms with Crippen LogP contribution in [0.5, 0.6) is 0 Å². The molecule has 0 aliphatic carbocycles. The lowest BCUT2D eigenvalue weighted by Crippen LogP contribution is -2.42. The van der Waals surface area contributed by atoms with Gasteiger partial charge in [-0.1, -0.05) is 30.3 Å². The molecular weight excluding hydrogens is 203 g/mol. The van der Waals surface area contributed by atoms with Gasteiger partial charge in [0.2, 0.25) is 0 Å². The average Bonchev–Trinajstić information content (AvgIpc) is 1.99. The van der Waals surface area contributed by atoms with Gasteiger partial charge in [-0.05, 0) is 18.9 Å². The monoisotopic (exact) mass is 217 g/mol. The molecule has 0 saturated heterocycles. The van der Waals surface area contributed by atoms with Crippen molar-refractivity contribution in [2.45, 2.75) is 31.5 Å². The summed E-state index contributed by atoms with van der Waals surface area (Å²) in [6, 6.07) is 8.96. The summed E-state index contributed by atoms with van der Waals surface area (Å²) in [5.41, 5.74) is 5.20. The lowest BCUT2D eigenvalue weighted by atomic mass is 9.90. The summed E-state index contributed by atoms with van der Waals surface area (Å²) in [5.74, 6) is 0. The normalized spacial score (nSPS) is 16.1. The number of halogens is 3. The van der Waals surface area contributed by atoms with Gasteiger partial charge in [0.05, 0.1) is 6.42 Å². The summed E-state index contributed by atoms with van der Waals surface area (Å²) in [4.78, 5) is 0. The van der Waals surface area contributed by atoms with Gasteiger partial charge in [-0.2, -0.15) is 13.2 Å². The van der Waals surface area contributed by atoms with Crippen LogP contribution in [0.15, 0.2) is 30.3 Å². The molecule has 0 spiro atoms. The highest BCUT2D eigenvalue weighted by Crippen LogP contribution is 2.27. The topological polar surface area (TPSA) is 26.0 Å². The van der Waals surface area contributed by atoms with Crippen molar-refractivity contribution in [3.05, 3.63) is 35.9 Å². The number of benzene rings is 1. The summed E-state index contributed by atoms with van der Waals surface area (Å²) >= 11 is 0. The molecule has 0 amide bonds. The minimum absolute atomic E-state index is 0.230. The van der Waals surface area contributed by atoms with Crippen LogP contribution in [0.4, 0.5) is 13.2 Å². The maximum atomic E-state index is 12.2. The Balaban J connectivity index is 2.65. The quantitative estimate of drug-likeness (QED) is 0.827. The van der Waals surface area contributed by atoms with Crippen LogP contribution < -0.4 is 5.73 Å². The van der Waals surface area contributed by atoms with Crippen molar-refractivity contribution in [3.63, 3.8) is 0 Å². The summed E-state index contributed by atoms with van der Waals surface area (Å²) in [6.07, 6.45) is -4.94. The smallest absolute Gasteiger partial charge is 0.325 e. The Hall–Kier alpha value is -1.03. The van der Waals surface area contributed by atoms with Crippen LogP contribution in [0.2, 0.25) is 0 Å². The van der Waals surface area contributed by atoms with Crippen molar-refractivity contribution < 1.29 is 13.2 Å². The number of hydrogen-bond acceptors (Lipinski definition) is 1. The Bertz CT molecular complexity index is 303. The van der Waals surface area contributed by atoms with Crippen LogP contribution >= 0.6 is 0 Å². The van der Waals surface area contributed by atoms with E-state index in [-0.39, 0.29) is 6.42 Å². The van der Waals surface area contributed by atoms with E-state index in [1.165, 1.54) is 6.92 Å². The number of rotatable bonds is 3. The summed E-state index contributed by atoms with van der Waals surface area (Å²) in [7, 11) is 0. The van der Waals surface area contributed by atoms with E-state index in [0.717, 1.165) is 5.56 Å². The van der Waals surface area contributed by atoms with Crippen LogP contribution in [0.3, 0.4) is 0 Å². The Morgan fingerprint density at radius 2 is 1.67 bits per heavy atom. The highest BCUT2D eigenvalue weighted by Gasteiger charge is 2.36. The molecule has 0 bridgehead atoms. The Morgan fingerprint density at radius 3 is 2.13 bits per heavy atom. The first-order chi connectivity index (χ1) is 6.79. The molecule has 1 aromatic carbocycles. The van der Waals surface area contributed by atoms with Crippen LogP contribution in [0.1, 0.15) is 18.9 Å². The predicted octanol–water partition coefficient (Wildman–Crippen LogP) is 2.90. The molecule has 4 heteroatoms. The van der Waals surface area contributed by atoms with Gasteiger partial charge < -0.3 is 5.73 Å². The van der Waals surface area contributed by atoms with E-state index in [1.807, 2.05) is 6.07 Å². The van der Waals surface area contributed by atoms with Crippen molar-refractivity contribution in [2.75, 3.05) is 0 Å². The molecule has 0 unspecified atom stereocenters. The lowest BCUT2D eigenvalue weighted by molar-refractivity contribution is -0.145. The molecule has 1 atom stereocenters. The molecule has 84 valence electrons. The van der Waals surface area contributed by atoms with Gasteiger partial charge in [0.25, 0.3) is 0 Å². The van der Waals surface area contributed by atoms with Crippen LogP contribution in [-0.2, 0) is 6.42 Å². The van der Waals surface area contributed by atoms with Crippen molar-refractivity contribution >= 4 is 0 Å². The molecule has 1 aromatic rings. The van der Waals surface area contributed by atoms with Crippen molar-refractivity contribution in [3.8, 4) is 0 Å². The van der Waals surface area contributed by atoms with Crippen LogP contribution in [-0.4, -0.2) is 11.7 Å². The fraction of sp³-hybridized carbons (Fsp3) is 0.455. The third-order valence-electron chi connectivity index (χ3n) is 2.06. The zero-order valence-corrected chi connectivity index (χ0v) is 8.51. The summed E-state index contributed by atoms with van der Waals surface area (Å²) < 4.78 is 36.5. The SMILES string of the molecule is C[C@@](N)(Cc1ccccc1)CC(F)(F)F. The molecule has 1 rings (SSSR count). The second-order valence-corrected chi connectivity index (χ2v) is 4.11. The third-order valence-corrected chi connectivity index (χ3v) is 2.06. The van der Waals surface area contributed by atoms with Gasteiger partial charge in [0.1, 0.15) is 0 Å². The fourth-order valence-electron chi connectivity index (χ4n) is 1.58. The number of hydrogen-bond donors (Lipinski definition) is 1. The largest absolute Gasteiger partial charge is 0.390 e. The van der Waals surface area contributed by atoms with Gasteiger partial charge in [0.15, 0.2) is 0 Å². The van der Waals surface area contributed by atoms with Crippen molar-refractivity contribution in [2.24, 2.45) is 5.73 Å². The Kier molecular flexibility index (Phi) is 3.39. The molecule has 0 aliphatic rings. The first-order valence-electron chi connectivity index (χ1n) is 4.68. The molecule has 15 heavy (non-hydrogen) atoms. The highest BCUT2D eigenvalue weighted by atomic mass is 19.4. The Morgan fingerprint density at radius 1 is 1.13 bits per heavy atom. The molecule has 0 fully saturated rings. The maximum Gasteiger partial charge on any atom is 0.390 e. The van der Waals surface area contributed by atoms with E-state index in [1.54, 1.807) is 24.3 Å². The zero-order chi connectivity index (χ0) is 11.5. The molecule has 2 N–H and O–H groups in total. The van der Waals surface area contributed by atoms with E-state index >= 15 is 0 Å². The average molecular weight is 217 g/mol. The molecule has 0 aliphatic heterocycles. The van der Waals surface area contributed by atoms with Gasteiger partial charge in [-0.3, -0.25) is 0 Å². The number of alkyl halides is 3. The second-order valence-electron chi connectivity index (χ2n) is 4.11. The fourth-order valence-corrected chi connectivity index (χ4v) is 1.58.